The lowest BCUT2D eigenvalue weighted by atomic mass is 10.2. The molecule has 1 heterocycles. The molecule has 19 heavy (non-hydrogen) atoms. The Hall–Kier alpha value is -2.44. The molecule has 1 unspecified atom stereocenters. The van der Waals surface area contributed by atoms with Gasteiger partial charge < -0.3 is 24.8 Å². The van der Waals surface area contributed by atoms with Gasteiger partial charge in [0, 0.05) is 6.07 Å². The summed E-state index contributed by atoms with van der Waals surface area (Å²) in [6.45, 7) is 0.0109. The standard InChI is InChI=1S/C12H14N2O5/c1-17-7-3-4-10(18-2)8(5-7)13-11(15)9-6-19-12(16)14-9/h3-5,9H,6H2,1-2H3,(H,13,15)(H,14,16). The van der Waals surface area contributed by atoms with Crippen LogP contribution in [0.1, 0.15) is 0 Å². The lowest BCUT2D eigenvalue weighted by molar-refractivity contribution is -0.117. The number of anilines is 1. The van der Waals surface area contributed by atoms with Crippen molar-refractivity contribution in [3.8, 4) is 11.5 Å². The van der Waals surface area contributed by atoms with Gasteiger partial charge in [-0.2, -0.15) is 0 Å². The molecule has 0 aromatic heterocycles. The number of amides is 2. The van der Waals surface area contributed by atoms with Gasteiger partial charge in [-0.3, -0.25) is 4.79 Å². The minimum Gasteiger partial charge on any atom is -0.497 e. The van der Waals surface area contributed by atoms with E-state index in [0.29, 0.717) is 17.2 Å². The molecule has 1 atom stereocenters. The van der Waals surface area contributed by atoms with Crippen molar-refractivity contribution in [2.45, 2.75) is 6.04 Å². The van der Waals surface area contributed by atoms with Crippen molar-refractivity contribution < 1.29 is 23.8 Å². The number of hydrogen-bond donors (Lipinski definition) is 2. The molecule has 0 radical (unpaired) electrons. The van der Waals surface area contributed by atoms with E-state index >= 15 is 0 Å². The molecule has 0 spiro atoms. The van der Waals surface area contributed by atoms with Gasteiger partial charge in [0.25, 0.3) is 5.91 Å². The fourth-order valence-corrected chi connectivity index (χ4v) is 1.66. The molecule has 1 saturated heterocycles. The predicted molar refractivity (Wildman–Crippen MR) is 66.4 cm³/mol. The van der Waals surface area contributed by atoms with Crippen LogP contribution in [0.4, 0.5) is 10.5 Å². The molecule has 1 fully saturated rings. The number of benzene rings is 1. The summed E-state index contributed by atoms with van der Waals surface area (Å²) in [4.78, 5) is 22.8. The third-order valence-electron chi connectivity index (χ3n) is 2.65. The van der Waals surface area contributed by atoms with Gasteiger partial charge in [0.05, 0.1) is 19.9 Å². The number of nitrogens with one attached hydrogen (secondary N) is 2. The molecule has 2 N–H and O–H groups in total. The molecule has 1 aromatic rings. The van der Waals surface area contributed by atoms with Crippen molar-refractivity contribution in [1.82, 2.24) is 5.32 Å². The highest BCUT2D eigenvalue weighted by molar-refractivity contribution is 5.98. The maximum absolute atomic E-state index is 11.9. The van der Waals surface area contributed by atoms with Crippen LogP contribution in [0.5, 0.6) is 11.5 Å². The molecular formula is C12H14N2O5. The minimum atomic E-state index is -0.705. The molecule has 0 aliphatic carbocycles. The fourth-order valence-electron chi connectivity index (χ4n) is 1.66. The van der Waals surface area contributed by atoms with Crippen molar-refractivity contribution >= 4 is 17.7 Å². The quantitative estimate of drug-likeness (QED) is 0.840. The van der Waals surface area contributed by atoms with E-state index in [1.54, 1.807) is 18.2 Å². The van der Waals surface area contributed by atoms with Gasteiger partial charge in [0.15, 0.2) is 0 Å². The molecule has 2 amide bonds. The summed E-state index contributed by atoms with van der Waals surface area (Å²) in [6.07, 6.45) is -0.599. The summed E-state index contributed by atoms with van der Waals surface area (Å²) in [5.41, 5.74) is 0.466. The lowest BCUT2D eigenvalue weighted by Gasteiger charge is -2.13. The SMILES string of the molecule is COc1ccc(OC)c(NC(=O)C2COC(=O)N2)c1. The first-order chi connectivity index (χ1) is 9.13. The van der Waals surface area contributed by atoms with E-state index in [-0.39, 0.29) is 12.5 Å². The van der Waals surface area contributed by atoms with Crippen LogP contribution in [0.2, 0.25) is 0 Å². The van der Waals surface area contributed by atoms with Crippen LogP contribution < -0.4 is 20.1 Å². The highest BCUT2D eigenvalue weighted by Crippen LogP contribution is 2.29. The Morgan fingerprint density at radius 3 is 2.79 bits per heavy atom. The maximum Gasteiger partial charge on any atom is 0.407 e. The summed E-state index contributed by atoms with van der Waals surface area (Å²) >= 11 is 0. The number of hydrogen-bond acceptors (Lipinski definition) is 5. The average molecular weight is 266 g/mol. The van der Waals surface area contributed by atoms with E-state index in [9.17, 15) is 9.59 Å². The first-order valence-corrected chi connectivity index (χ1v) is 5.60. The third kappa shape index (κ3) is 2.87. The number of ether oxygens (including phenoxy) is 3. The monoisotopic (exact) mass is 266 g/mol. The number of rotatable bonds is 4. The van der Waals surface area contributed by atoms with E-state index in [4.69, 9.17) is 9.47 Å². The number of methoxy groups -OCH3 is 2. The molecule has 1 aliphatic rings. The molecule has 0 bridgehead atoms. The first kappa shape index (κ1) is 13.0. The van der Waals surface area contributed by atoms with Gasteiger partial charge in [-0.1, -0.05) is 0 Å². The zero-order chi connectivity index (χ0) is 13.8. The van der Waals surface area contributed by atoms with E-state index < -0.39 is 12.1 Å². The van der Waals surface area contributed by atoms with Crippen molar-refractivity contribution in [2.24, 2.45) is 0 Å². The molecule has 1 aromatic carbocycles. The van der Waals surface area contributed by atoms with Gasteiger partial charge in [0.1, 0.15) is 24.1 Å². The minimum absolute atomic E-state index is 0.0109. The molecule has 7 nitrogen and oxygen atoms in total. The van der Waals surface area contributed by atoms with Crippen LogP contribution in [0, 0.1) is 0 Å². The Bertz CT molecular complexity index is 503. The number of carbonyl (C=O) groups is 2. The Morgan fingerprint density at radius 1 is 1.42 bits per heavy atom. The Balaban J connectivity index is 2.13. The molecule has 2 rings (SSSR count). The van der Waals surface area contributed by atoms with Crippen LogP contribution in [0.3, 0.4) is 0 Å². The van der Waals surface area contributed by atoms with Crippen molar-refractivity contribution in [3.05, 3.63) is 18.2 Å². The van der Waals surface area contributed by atoms with Gasteiger partial charge in [0.2, 0.25) is 0 Å². The fraction of sp³-hybridized carbons (Fsp3) is 0.333. The maximum atomic E-state index is 11.9. The Morgan fingerprint density at radius 2 is 2.21 bits per heavy atom. The van der Waals surface area contributed by atoms with Gasteiger partial charge in [-0.15, -0.1) is 0 Å². The number of cyclic esters (lactones) is 1. The van der Waals surface area contributed by atoms with Crippen LogP contribution in [0.25, 0.3) is 0 Å². The van der Waals surface area contributed by atoms with E-state index in [1.165, 1.54) is 14.2 Å². The second kappa shape index (κ2) is 5.47. The zero-order valence-electron chi connectivity index (χ0n) is 10.6. The number of alkyl carbamates (subject to hydrolysis) is 1. The molecule has 0 saturated carbocycles. The predicted octanol–water partition coefficient (Wildman–Crippen LogP) is 0.751. The Labute approximate surface area is 109 Å². The summed E-state index contributed by atoms with van der Waals surface area (Å²) in [5.74, 6) is 0.708. The van der Waals surface area contributed by atoms with Crippen LogP contribution in [-0.4, -0.2) is 38.9 Å². The van der Waals surface area contributed by atoms with E-state index in [0.717, 1.165) is 0 Å². The summed E-state index contributed by atoms with van der Waals surface area (Å²) in [6, 6.07) is 4.32. The average Bonchev–Trinajstić information content (AvgIpc) is 2.85. The summed E-state index contributed by atoms with van der Waals surface area (Å²) in [5, 5.41) is 5.05. The van der Waals surface area contributed by atoms with Crippen molar-refractivity contribution in [3.63, 3.8) is 0 Å². The second-order valence-electron chi connectivity index (χ2n) is 3.85. The van der Waals surface area contributed by atoms with Crippen LogP contribution in [0.15, 0.2) is 18.2 Å². The van der Waals surface area contributed by atoms with Crippen LogP contribution >= 0.6 is 0 Å². The van der Waals surface area contributed by atoms with E-state index in [2.05, 4.69) is 15.4 Å². The molecule has 7 heteroatoms. The highest BCUT2D eigenvalue weighted by Gasteiger charge is 2.29. The third-order valence-corrected chi connectivity index (χ3v) is 2.65. The first-order valence-electron chi connectivity index (χ1n) is 5.60. The van der Waals surface area contributed by atoms with Crippen molar-refractivity contribution in [1.29, 1.82) is 0 Å². The van der Waals surface area contributed by atoms with Crippen molar-refractivity contribution in [2.75, 3.05) is 26.1 Å². The molecule has 1 aliphatic heterocycles. The van der Waals surface area contributed by atoms with Crippen LogP contribution in [-0.2, 0) is 9.53 Å². The normalized spacial score (nSPS) is 17.4. The number of carbonyl (C=O) groups excluding carboxylic acids is 2. The Kier molecular flexibility index (Phi) is 3.74. The van der Waals surface area contributed by atoms with E-state index in [1.807, 2.05) is 0 Å². The smallest absolute Gasteiger partial charge is 0.407 e. The highest BCUT2D eigenvalue weighted by atomic mass is 16.6. The summed E-state index contributed by atoms with van der Waals surface area (Å²) in [7, 11) is 3.02. The topological polar surface area (TPSA) is 85.9 Å². The largest absolute Gasteiger partial charge is 0.497 e. The molecule has 102 valence electrons. The second-order valence-corrected chi connectivity index (χ2v) is 3.85. The summed E-state index contributed by atoms with van der Waals surface area (Å²) < 4.78 is 14.9. The van der Waals surface area contributed by atoms with Gasteiger partial charge in [-0.05, 0) is 12.1 Å². The zero-order valence-corrected chi connectivity index (χ0v) is 10.6. The molecular weight excluding hydrogens is 252 g/mol. The van der Waals surface area contributed by atoms with Gasteiger partial charge >= 0.3 is 6.09 Å². The lowest BCUT2D eigenvalue weighted by Crippen LogP contribution is -2.38. The van der Waals surface area contributed by atoms with Gasteiger partial charge in [-0.25, -0.2) is 4.79 Å².